The van der Waals surface area contributed by atoms with E-state index in [1.165, 1.54) is 6.07 Å². The quantitative estimate of drug-likeness (QED) is 0.751. The summed E-state index contributed by atoms with van der Waals surface area (Å²) in [6.07, 6.45) is 0.792. The SMILES string of the molecule is CC(CCC(NS(=O)(=O)c1cccc2ccccc12)C(=O)O)N(C)C. The highest BCUT2D eigenvalue weighted by Crippen LogP contribution is 2.23. The van der Waals surface area contributed by atoms with Crippen LogP contribution >= 0.6 is 0 Å². The Morgan fingerprint density at radius 3 is 2.40 bits per heavy atom. The molecule has 25 heavy (non-hydrogen) atoms. The monoisotopic (exact) mass is 364 g/mol. The highest BCUT2D eigenvalue weighted by Gasteiger charge is 2.27. The van der Waals surface area contributed by atoms with Crippen molar-refractivity contribution in [3.8, 4) is 0 Å². The maximum atomic E-state index is 12.8. The van der Waals surface area contributed by atoms with Crippen LogP contribution in [0.5, 0.6) is 0 Å². The minimum atomic E-state index is -3.94. The summed E-state index contributed by atoms with van der Waals surface area (Å²) in [5.74, 6) is -1.17. The van der Waals surface area contributed by atoms with E-state index in [2.05, 4.69) is 4.72 Å². The second-order valence-corrected chi connectivity index (χ2v) is 8.06. The fourth-order valence-corrected chi connectivity index (χ4v) is 4.03. The predicted octanol–water partition coefficient (Wildman–Crippen LogP) is 2.30. The number of carboxylic acid groups (broad SMARTS) is 1. The number of fused-ring (bicyclic) bond motifs is 1. The first kappa shape index (κ1) is 19.4. The number of hydrogen-bond acceptors (Lipinski definition) is 4. The smallest absolute Gasteiger partial charge is 0.321 e. The molecule has 7 heteroatoms. The molecule has 2 N–H and O–H groups in total. The minimum Gasteiger partial charge on any atom is -0.480 e. The summed E-state index contributed by atoms with van der Waals surface area (Å²) in [5.41, 5.74) is 0. The summed E-state index contributed by atoms with van der Waals surface area (Å²) < 4.78 is 27.9. The Kier molecular flexibility index (Phi) is 6.16. The summed E-state index contributed by atoms with van der Waals surface area (Å²) in [6.45, 7) is 1.97. The molecule has 0 bridgehead atoms. The predicted molar refractivity (Wildman–Crippen MR) is 98.1 cm³/mol. The van der Waals surface area contributed by atoms with Gasteiger partial charge in [0, 0.05) is 11.4 Å². The molecule has 0 radical (unpaired) electrons. The Morgan fingerprint density at radius 2 is 1.76 bits per heavy atom. The summed E-state index contributed by atoms with van der Waals surface area (Å²) >= 11 is 0. The summed E-state index contributed by atoms with van der Waals surface area (Å²) in [4.78, 5) is 13.6. The number of carboxylic acids is 1. The van der Waals surface area contributed by atoms with E-state index in [-0.39, 0.29) is 17.4 Å². The van der Waals surface area contributed by atoms with Gasteiger partial charge in [-0.3, -0.25) is 4.79 Å². The van der Waals surface area contributed by atoms with E-state index >= 15 is 0 Å². The summed E-state index contributed by atoms with van der Waals surface area (Å²) in [5, 5.41) is 10.8. The highest BCUT2D eigenvalue weighted by molar-refractivity contribution is 7.89. The van der Waals surface area contributed by atoms with Gasteiger partial charge in [-0.05, 0) is 45.3 Å². The van der Waals surface area contributed by atoms with Gasteiger partial charge in [0.15, 0.2) is 0 Å². The molecule has 2 unspecified atom stereocenters. The van der Waals surface area contributed by atoms with Gasteiger partial charge in [-0.1, -0.05) is 36.4 Å². The fourth-order valence-electron chi connectivity index (χ4n) is 2.58. The molecular formula is C18H24N2O4S. The average molecular weight is 364 g/mol. The first-order valence-corrected chi connectivity index (χ1v) is 9.60. The average Bonchev–Trinajstić information content (AvgIpc) is 2.57. The third kappa shape index (κ3) is 4.78. The van der Waals surface area contributed by atoms with Gasteiger partial charge in [0.2, 0.25) is 10.0 Å². The van der Waals surface area contributed by atoms with E-state index in [0.717, 1.165) is 5.39 Å². The fraction of sp³-hybridized carbons (Fsp3) is 0.389. The van der Waals surface area contributed by atoms with E-state index in [9.17, 15) is 18.3 Å². The molecule has 0 fully saturated rings. The molecule has 2 aromatic rings. The van der Waals surface area contributed by atoms with Crippen LogP contribution in [0.4, 0.5) is 0 Å². The number of nitrogens with zero attached hydrogens (tertiary/aromatic N) is 1. The molecule has 6 nitrogen and oxygen atoms in total. The standard InChI is InChI=1S/C18H24N2O4S/c1-13(20(2)3)11-12-16(18(21)22)19-25(23,24)17-10-6-8-14-7-4-5-9-15(14)17/h4-10,13,16,19H,11-12H2,1-3H3,(H,21,22). The van der Waals surface area contributed by atoms with Gasteiger partial charge in [-0.25, -0.2) is 8.42 Å². The number of sulfonamides is 1. The van der Waals surface area contributed by atoms with Crippen LogP contribution in [0.1, 0.15) is 19.8 Å². The lowest BCUT2D eigenvalue weighted by atomic mass is 10.1. The van der Waals surface area contributed by atoms with Crippen molar-refractivity contribution in [1.29, 1.82) is 0 Å². The molecule has 0 spiro atoms. The van der Waals surface area contributed by atoms with Gasteiger partial charge >= 0.3 is 5.97 Å². The van der Waals surface area contributed by atoms with Crippen LogP contribution in [0, 0.1) is 0 Å². The minimum absolute atomic E-state index is 0.0949. The number of aliphatic carboxylic acids is 1. The zero-order valence-electron chi connectivity index (χ0n) is 14.6. The van der Waals surface area contributed by atoms with Crippen molar-refractivity contribution in [2.45, 2.75) is 36.7 Å². The number of carbonyl (C=O) groups is 1. The zero-order valence-corrected chi connectivity index (χ0v) is 15.5. The van der Waals surface area contributed by atoms with Gasteiger partial charge in [0.05, 0.1) is 4.90 Å². The molecule has 0 amide bonds. The van der Waals surface area contributed by atoms with Gasteiger partial charge in [0.25, 0.3) is 0 Å². The second kappa shape index (κ2) is 7.95. The van der Waals surface area contributed by atoms with E-state index in [1.54, 1.807) is 18.2 Å². The molecule has 0 aliphatic rings. The Balaban J connectivity index is 2.26. The molecule has 0 saturated carbocycles. The van der Waals surface area contributed by atoms with E-state index in [1.807, 2.05) is 44.1 Å². The topological polar surface area (TPSA) is 86.7 Å². The van der Waals surface area contributed by atoms with E-state index in [4.69, 9.17) is 0 Å². The lowest BCUT2D eigenvalue weighted by Gasteiger charge is -2.22. The molecular weight excluding hydrogens is 340 g/mol. The summed E-state index contributed by atoms with van der Waals surface area (Å²) in [6, 6.07) is 11.1. The van der Waals surface area contributed by atoms with Crippen LogP contribution in [-0.4, -0.2) is 50.6 Å². The molecule has 0 aliphatic carbocycles. The van der Waals surface area contributed by atoms with Crippen LogP contribution in [0.25, 0.3) is 10.8 Å². The third-order valence-corrected chi connectivity index (χ3v) is 5.92. The first-order chi connectivity index (χ1) is 11.7. The summed E-state index contributed by atoms with van der Waals surface area (Å²) in [7, 11) is -0.137. The molecule has 2 aromatic carbocycles. The maximum Gasteiger partial charge on any atom is 0.321 e. The van der Waals surface area contributed by atoms with Gasteiger partial charge < -0.3 is 10.0 Å². The van der Waals surface area contributed by atoms with Gasteiger partial charge in [-0.2, -0.15) is 4.72 Å². The van der Waals surface area contributed by atoms with E-state index < -0.39 is 22.0 Å². The van der Waals surface area contributed by atoms with Crippen LogP contribution in [-0.2, 0) is 14.8 Å². The van der Waals surface area contributed by atoms with Crippen LogP contribution in [0.3, 0.4) is 0 Å². The third-order valence-electron chi connectivity index (χ3n) is 4.39. The largest absolute Gasteiger partial charge is 0.480 e. The van der Waals surface area contributed by atoms with Crippen molar-refractivity contribution in [2.24, 2.45) is 0 Å². The molecule has 0 heterocycles. The normalized spacial score (nSPS) is 14.6. The van der Waals surface area contributed by atoms with Crippen molar-refractivity contribution in [3.63, 3.8) is 0 Å². The van der Waals surface area contributed by atoms with Crippen molar-refractivity contribution in [2.75, 3.05) is 14.1 Å². The molecule has 136 valence electrons. The number of nitrogens with one attached hydrogen (secondary N) is 1. The first-order valence-electron chi connectivity index (χ1n) is 8.11. The number of rotatable bonds is 8. The molecule has 0 saturated heterocycles. The van der Waals surface area contributed by atoms with Crippen LogP contribution in [0.15, 0.2) is 47.4 Å². The van der Waals surface area contributed by atoms with Crippen molar-refractivity contribution in [3.05, 3.63) is 42.5 Å². The van der Waals surface area contributed by atoms with E-state index in [0.29, 0.717) is 11.8 Å². The Hall–Kier alpha value is -1.96. The zero-order chi connectivity index (χ0) is 18.6. The lowest BCUT2D eigenvalue weighted by Crippen LogP contribution is -2.41. The van der Waals surface area contributed by atoms with Gasteiger partial charge in [-0.15, -0.1) is 0 Å². The number of benzene rings is 2. The van der Waals surface area contributed by atoms with Crippen LogP contribution in [0.2, 0.25) is 0 Å². The lowest BCUT2D eigenvalue weighted by molar-refractivity contribution is -0.139. The molecule has 2 rings (SSSR count). The second-order valence-electron chi connectivity index (χ2n) is 6.38. The van der Waals surface area contributed by atoms with Crippen molar-refractivity contribution < 1.29 is 18.3 Å². The molecule has 0 aromatic heterocycles. The highest BCUT2D eigenvalue weighted by atomic mass is 32.2. The van der Waals surface area contributed by atoms with Crippen molar-refractivity contribution >= 4 is 26.8 Å². The Morgan fingerprint density at radius 1 is 1.12 bits per heavy atom. The molecule has 2 atom stereocenters. The number of hydrogen-bond donors (Lipinski definition) is 2. The van der Waals surface area contributed by atoms with Crippen LogP contribution < -0.4 is 4.72 Å². The van der Waals surface area contributed by atoms with Crippen molar-refractivity contribution in [1.82, 2.24) is 9.62 Å². The maximum absolute atomic E-state index is 12.8. The Bertz CT molecular complexity index is 844. The van der Waals surface area contributed by atoms with Gasteiger partial charge in [0.1, 0.15) is 6.04 Å². The molecule has 0 aliphatic heterocycles. The Labute approximate surface area is 148 Å².